The SMILES string of the molecule is CC(C)(C)C1CCCN(c2cccc(C#N)n2)CC1. The molecule has 0 radical (unpaired) electrons. The zero-order chi connectivity index (χ0) is 13.9. The summed E-state index contributed by atoms with van der Waals surface area (Å²) >= 11 is 0. The summed E-state index contributed by atoms with van der Waals surface area (Å²) in [6.45, 7) is 9.10. The van der Waals surface area contributed by atoms with Crippen LogP contribution in [0.3, 0.4) is 0 Å². The third kappa shape index (κ3) is 3.47. The normalized spacial score (nSPS) is 20.7. The highest BCUT2D eigenvalue weighted by atomic mass is 15.2. The molecule has 1 fully saturated rings. The zero-order valence-corrected chi connectivity index (χ0v) is 12.2. The monoisotopic (exact) mass is 257 g/mol. The van der Waals surface area contributed by atoms with Crippen LogP contribution in [0.2, 0.25) is 0 Å². The Kier molecular flexibility index (Phi) is 4.09. The molecule has 1 aliphatic heterocycles. The second kappa shape index (κ2) is 5.61. The van der Waals surface area contributed by atoms with E-state index in [1.807, 2.05) is 12.1 Å². The zero-order valence-electron chi connectivity index (χ0n) is 12.2. The molecule has 0 bridgehead atoms. The number of nitrogens with zero attached hydrogens (tertiary/aromatic N) is 3. The topological polar surface area (TPSA) is 39.9 Å². The molecule has 1 aromatic heterocycles. The van der Waals surface area contributed by atoms with E-state index in [0.29, 0.717) is 11.1 Å². The summed E-state index contributed by atoms with van der Waals surface area (Å²) in [5, 5.41) is 8.93. The van der Waals surface area contributed by atoms with Gasteiger partial charge in [0.05, 0.1) is 0 Å². The van der Waals surface area contributed by atoms with Crippen LogP contribution in [0.1, 0.15) is 45.7 Å². The number of anilines is 1. The van der Waals surface area contributed by atoms with Crippen molar-refractivity contribution in [2.75, 3.05) is 18.0 Å². The first kappa shape index (κ1) is 13.9. The van der Waals surface area contributed by atoms with Gasteiger partial charge < -0.3 is 4.90 Å². The molecule has 2 rings (SSSR count). The largest absolute Gasteiger partial charge is 0.357 e. The summed E-state index contributed by atoms with van der Waals surface area (Å²) in [5.74, 6) is 1.73. The van der Waals surface area contributed by atoms with E-state index in [0.717, 1.165) is 24.8 Å². The molecular formula is C16H23N3. The van der Waals surface area contributed by atoms with Gasteiger partial charge in [-0.15, -0.1) is 0 Å². The lowest BCUT2D eigenvalue weighted by Gasteiger charge is -2.29. The molecule has 1 saturated heterocycles. The molecule has 0 amide bonds. The average Bonchev–Trinajstić information content (AvgIpc) is 2.64. The number of pyridine rings is 1. The quantitative estimate of drug-likeness (QED) is 0.771. The average molecular weight is 257 g/mol. The Labute approximate surface area is 116 Å². The Balaban J connectivity index is 2.09. The molecule has 2 heterocycles. The van der Waals surface area contributed by atoms with Gasteiger partial charge in [0.15, 0.2) is 0 Å². The lowest BCUT2D eigenvalue weighted by molar-refractivity contribution is 0.220. The van der Waals surface area contributed by atoms with Gasteiger partial charge in [-0.1, -0.05) is 26.8 Å². The Morgan fingerprint density at radius 1 is 1.26 bits per heavy atom. The van der Waals surface area contributed by atoms with Crippen molar-refractivity contribution in [3.8, 4) is 6.07 Å². The number of aromatic nitrogens is 1. The Morgan fingerprint density at radius 2 is 2.05 bits per heavy atom. The maximum absolute atomic E-state index is 8.93. The fourth-order valence-electron chi connectivity index (χ4n) is 2.85. The summed E-state index contributed by atoms with van der Waals surface area (Å²) in [4.78, 5) is 6.73. The van der Waals surface area contributed by atoms with Gasteiger partial charge in [-0.25, -0.2) is 4.98 Å². The molecule has 3 nitrogen and oxygen atoms in total. The van der Waals surface area contributed by atoms with E-state index in [1.165, 1.54) is 19.3 Å². The molecule has 102 valence electrons. The molecule has 3 heteroatoms. The van der Waals surface area contributed by atoms with Crippen LogP contribution in [0.25, 0.3) is 0 Å². The number of nitriles is 1. The van der Waals surface area contributed by atoms with E-state index in [2.05, 4.69) is 36.7 Å². The van der Waals surface area contributed by atoms with Crippen molar-refractivity contribution in [1.82, 2.24) is 4.98 Å². The Hall–Kier alpha value is -1.56. The second-order valence-corrected chi connectivity index (χ2v) is 6.47. The van der Waals surface area contributed by atoms with Crippen molar-refractivity contribution < 1.29 is 0 Å². The standard InChI is InChI=1S/C16H23N3/c1-16(2,3)13-6-5-10-19(11-9-13)15-8-4-7-14(12-17)18-15/h4,7-8,13H,5-6,9-11H2,1-3H3. The second-order valence-electron chi connectivity index (χ2n) is 6.47. The maximum Gasteiger partial charge on any atom is 0.142 e. The third-order valence-corrected chi connectivity index (χ3v) is 4.13. The predicted molar refractivity (Wildman–Crippen MR) is 78.0 cm³/mol. The third-order valence-electron chi connectivity index (χ3n) is 4.13. The first-order valence-electron chi connectivity index (χ1n) is 7.13. The fraction of sp³-hybridized carbons (Fsp3) is 0.625. The highest BCUT2D eigenvalue weighted by Gasteiger charge is 2.27. The van der Waals surface area contributed by atoms with Gasteiger partial charge in [0.1, 0.15) is 17.6 Å². The predicted octanol–water partition coefficient (Wildman–Crippen LogP) is 3.61. The molecule has 19 heavy (non-hydrogen) atoms. The molecule has 0 aromatic carbocycles. The van der Waals surface area contributed by atoms with Crippen molar-refractivity contribution in [1.29, 1.82) is 5.26 Å². The van der Waals surface area contributed by atoms with Gasteiger partial charge in [0.25, 0.3) is 0 Å². The lowest BCUT2D eigenvalue weighted by atomic mass is 9.77. The van der Waals surface area contributed by atoms with Gasteiger partial charge in [-0.3, -0.25) is 0 Å². The summed E-state index contributed by atoms with van der Waals surface area (Å²) in [6.07, 6.45) is 3.71. The van der Waals surface area contributed by atoms with Crippen LogP contribution in [-0.4, -0.2) is 18.1 Å². The molecule has 1 unspecified atom stereocenters. The minimum Gasteiger partial charge on any atom is -0.357 e. The van der Waals surface area contributed by atoms with Crippen molar-refractivity contribution in [2.45, 2.75) is 40.0 Å². The van der Waals surface area contributed by atoms with E-state index in [-0.39, 0.29) is 0 Å². The molecule has 0 N–H and O–H groups in total. The minimum absolute atomic E-state index is 0.387. The van der Waals surface area contributed by atoms with Crippen molar-refractivity contribution in [3.63, 3.8) is 0 Å². The van der Waals surface area contributed by atoms with Crippen LogP contribution < -0.4 is 4.90 Å². The van der Waals surface area contributed by atoms with Crippen molar-refractivity contribution >= 4 is 5.82 Å². The number of rotatable bonds is 1. The first-order chi connectivity index (χ1) is 9.00. The van der Waals surface area contributed by atoms with Crippen LogP contribution in [0.5, 0.6) is 0 Å². The van der Waals surface area contributed by atoms with Crippen LogP contribution in [0.4, 0.5) is 5.82 Å². The minimum atomic E-state index is 0.387. The van der Waals surface area contributed by atoms with E-state index in [1.54, 1.807) is 6.07 Å². The molecule has 0 aliphatic carbocycles. The molecule has 1 atom stereocenters. The number of hydrogen-bond acceptors (Lipinski definition) is 3. The van der Waals surface area contributed by atoms with Gasteiger partial charge in [-0.05, 0) is 42.7 Å². The highest BCUT2D eigenvalue weighted by molar-refractivity contribution is 5.41. The Morgan fingerprint density at radius 3 is 2.74 bits per heavy atom. The molecule has 1 aromatic rings. The van der Waals surface area contributed by atoms with Crippen molar-refractivity contribution in [3.05, 3.63) is 23.9 Å². The molecule has 0 spiro atoms. The molecule has 0 saturated carbocycles. The maximum atomic E-state index is 8.93. The van der Waals surface area contributed by atoms with Crippen LogP contribution in [-0.2, 0) is 0 Å². The molecule has 1 aliphatic rings. The van der Waals surface area contributed by atoms with E-state index >= 15 is 0 Å². The van der Waals surface area contributed by atoms with Crippen molar-refractivity contribution in [2.24, 2.45) is 11.3 Å². The lowest BCUT2D eigenvalue weighted by Crippen LogP contribution is -2.26. The summed E-state index contributed by atoms with van der Waals surface area (Å²) in [6, 6.07) is 7.82. The summed E-state index contributed by atoms with van der Waals surface area (Å²) < 4.78 is 0. The summed E-state index contributed by atoms with van der Waals surface area (Å²) in [5.41, 5.74) is 0.895. The fourth-order valence-corrected chi connectivity index (χ4v) is 2.85. The van der Waals surface area contributed by atoms with Crippen LogP contribution in [0.15, 0.2) is 18.2 Å². The van der Waals surface area contributed by atoms with E-state index in [9.17, 15) is 0 Å². The first-order valence-corrected chi connectivity index (χ1v) is 7.13. The van der Waals surface area contributed by atoms with E-state index < -0.39 is 0 Å². The number of hydrogen-bond donors (Lipinski definition) is 0. The van der Waals surface area contributed by atoms with Gasteiger partial charge in [-0.2, -0.15) is 5.26 Å². The smallest absolute Gasteiger partial charge is 0.142 e. The van der Waals surface area contributed by atoms with Gasteiger partial charge in [0.2, 0.25) is 0 Å². The summed E-state index contributed by atoms with van der Waals surface area (Å²) in [7, 11) is 0. The van der Waals surface area contributed by atoms with Gasteiger partial charge >= 0.3 is 0 Å². The van der Waals surface area contributed by atoms with Crippen LogP contribution >= 0.6 is 0 Å². The van der Waals surface area contributed by atoms with Gasteiger partial charge in [0, 0.05) is 13.1 Å². The Bertz CT molecular complexity index is 468. The molecular weight excluding hydrogens is 234 g/mol. The highest BCUT2D eigenvalue weighted by Crippen LogP contribution is 2.34. The van der Waals surface area contributed by atoms with E-state index in [4.69, 9.17) is 5.26 Å². The van der Waals surface area contributed by atoms with Crippen LogP contribution in [0, 0.1) is 22.7 Å².